The zero-order chi connectivity index (χ0) is 31.6. The number of hydrogen-bond acceptors (Lipinski definition) is 8. The Labute approximate surface area is 271 Å². The van der Waals surface area contributed by atoms with Gasteiger partial charge in [-0.15, -0.1) is 0 Å². The number of fused-ring (bicyclic) bond motifs is 1. The number of ether oxygens (including phenoxy) is 2. The fourth-order valence-corrected chi connectivity index (χ4v) is 5.47. The minimum absolute atomic E-state index is 0. The maximum absolute atomic E-state index is 14.0. The molecule has 1 aliphatic heterocycles. The second-order valence-electron chi connectivity index (χ2n) is 12.2. The number of carboxylic acids is 1. The number of rotatable bonds is 7. The molecule has 14 heteroatoms. The molecule has 1 saturated carbocycles. The molecule has 2 amide bonds. The van der Waals surface area contributed by atoms with Crippen molar-refractivity contribution >= 4 is 29.4 Å². The molecule has 0 radical (unpaired) electrons. The maximum Gasteiger partial charge on any atom is 1.00 e. The molecule has 1 atom stereocenters. The van der Waals surface area contributed by atoms with Gasteiger partial charge in [-0.25, -0.2) is 27.9 Å². The Morgan fingerprint density at radius 2 is 1.82 bits per heavy atom. The van der Waals surface area contributed by atoms with Gasteiger partial charge in [0.25, 0.3) is 0 Å². The second kappa shape index (κ2) is 13.6. The molecule has 0 saturated heterocycles. The molecule has 0 spiro atoms. The Hall–Kier alpha value is -3.95. The van der Waals surface area contributed by atoms with E-state index in [1.54, 1.807) is 33.0 Å². The quantitative estimate of drug-likeness (QED) is 0.392. The van der Waals surface area contributed by atoms with Crippen LogP contribution in [-0.2, 0) is 20.9 Å². The third-order valence-corrected chi connectivity index (χ3v) is 7.69. The summed E-state index contributed by atoms with van der Waals surface area (Å²) in [6.45, 7) is 4.96. The summed E-state index contributed by atoms with van der Waals surface area (Å²) in [6, 6.07) is 10.0. The summed E-state index contributed by atoms with van der Waals surface area (Å²) >= 11 is 0. The van der Waals surface area contributed by atoms with Gasteiger partial charge < -0.3 is 24.7 Å². The molecule has 45 heavy (non-hydrogen) atoms. The van der Waals surface area contributed by atoms with E-state index in [-0.39, 0.29) is 75.7 Å². The Kier molecular flexibility index (Phi) is 10.2. The first-order valence-corrected chi connectivity index (χ1v) is 14.4. The van der Waals surface area contributed by atoms with E-state index in [0.717, 1.165) is 5.56 Å². The second-order valence-corrected chi connectivity index (χ2v) is 12.2. The van der Waals surface area contributed by atoms with Crippen LogP contribution < -0.4 is 29.3 Å². The van der Waals surface area contributed by atoms with E-state index < -0.39 is 35.7 Å². The molecule has 1 aromatic carbocycles. The van der Waals surface area contributed by atoms with Crippen molar-refractivity contribution in [3.63, 3.8) is 0 Å². The van der Waals surface area contributed by atoms with Gasteiger partial charge in [0, 0.05) is 18.4 Å². The molecule has 234 valence electrons. The zero-order valence-corrected chi connectivity index (χ0v) is 25.7. The van der Waals surface area contributed by atoms with E-state index in [4.69, 9.17) is 9.47 Å². The smallest absolute Gasteiger partial charge is 0.545 e. The van der Waals surface area contributed by atoms with Crippen LogP contribution in [0.15, 0.2) is 54.4 Å². The van der Waals surface area contributed by atoms with Crippen LogP contribution in [0.1, 0.15) is 69.3 Å². The van der Waals surface area contributed by atoms with Gasteiger partial charge in [-0.3, -0.25) is 4.90 Å². The maximum atomic E-state index is 14.0. The van der Waals surface area contributed by atoms with E-state index in [1.165, 1.54) is 15.6 Å². The average Bonchev–Trinajstić information content (AvgIpc) is 3.60. The number of benzene rings is 1. The van der Waals surface area contributed by atoms with E-state index in [0.29, 0.717) is 22.5 Å². The molecule has 1 aliphatic carbocycles. The number of imidazole rings is 1. The summed E-state index contributed by atoms with van der Waals surface area (Å²) in [7, 11) is 0. The van der Waals surface area contributed by atoms with E-state index in [2.05, 4.69) is 15.4 Å². The van der Waals surface area contributed by atoms with Gasteiger partial charge in [0.05, 0.1) is 43.2 Å². The molecule has 0 bridgehead atoms. The fourth-order valence-electron chi connectivity index (χ4n) is 5.47. The monoisotopic (exact) mass is 617 g/mol. The number of carbonyl (C=O) groups excluding carboxylic acids is 3. The van der Waals surface area contributed by atoms with Gasteiger partial charge in [-0.2, -0.15) is 5.10 Å². The molecule has 1 N–H and O–H groups in total. The molecule has 1 fully saturated rings. The molecule has 11 nitrogen and oxygen atoms in total. The van der Waals surface area contributed by atoms with Crippen molar-refractivity contribution in [2.45, 2.75) is 70.6 Å². The number of alkyl carbamates (subject to hydrolysis) is 1. The van der Waals surface area contributed by atoms with Crippen LogP contribution in [0.5, 0.6) is 0 Å². The number of alkyl halides is 2. The zero-order valence-electron chi connectivity index (χ0n) is 25.7. The Balaban J connectivity index is 0.00000461. The van der Waals surface area contributed by atoms with Crippen molar-refractivity contribution in [1.29, 1.82) is 0 Å². The number of nitrogens with zero attached hydrogens (tertiary/aromatic N) is 4. The average molecular weight is 618 g/mol. The molecule has 3 aromatic rings. The van der Waals surface area contributed by atoms with Crippen molar-refractivity contribution in [2.75, 3.05) is 13.1 Å². The number of carboxylic acid groups (broad SMARTS) is 1. The van der Waals surface area contributed by atoms with Crippen LogP contribution in [0.25, 0.3) is 11.2 Å². The SMILES string of the molecule is CC(C)(C)OC(=O)N1CC(C(=O)[O-])=C(c2cnn3cc([C@@H](NC(=O)OCc4ccccc4)C4CCC(F)(F)CC4)nc3c2)C1.[Li+]. The molecular weight excluding hydrogens is 583 g/mol. The van der Waals surface area contributed by atoms with E-state index in [9.17, 15) is 28.3 Å². The molecule has 3 heterocycles. The predicted octanol–water partition coefficient (Wildman–Crippen LogP) is 1.28. The largest absolute Gasteiger partial charge is 1.00 e. The summed E-state index contributed by atoms with van der Waals surface area (Å²) in [6.07, 6.45) is 1.42. The minimum Gasteiger partial charge on any atom is -0.545 e. The standard InChI is InChI=1S/C31H35F2N5O6.Li/c1-30(2,3)44-29(42)37-15-22(23(16-37)27(39)40)21-13-25-35-24(17-38(25)34-14-21)26(20-9-11-31(32,33)12-10-20)36-28(41)43-18-19-7-5-4-6-8-19;/h4-8,13-14,17,20,26H,9-12,15-16,18H2,1-3H3,(H,36,41)(H,39,40);/q;+1/p-1/t26-;/m0./s1. The Morgan fingerprint density at radius 3 is 2.47 bits per heavy atom. The van der Waals surface area contributed by atoms with E-state index in [1.807, 2.05) is 30.3 Å². The van der Waals surface area contributed by atoms with Crippen LogP contribution in [0.3, 0.4) is 0 Å². The first kappa shape index (κ1) is 33.9. The van der Waals surface area contributed by atoms with Crippen molar-refractivity contribution in [3.8, 4) is 0 Å². The van der Waals surface area contributed by atoms with Gasteiger partial charge in [0.1, 0.15) is 12.2 Å². The summed E-state index contributed by atoms with van der Waals surface area (Å²) in [5, 5.41) is 19.2. The van der Waals surface area contributed by atoms with Crippen molar-refractivity contribution in [2.24, 2.45) is 5.92 Å². The van der Waals surface area contributed by atoms with Gasteiger partial charge >= 0.3 is 31.0 Å². The minimum atomic E-state index is -2.76. The third kappa shape index (κ3) is 8.41. The Bertz CT molecular complexity index is 1580. The summed E-state index contributed by atoms with van der Waals surface area (Å²) in [5.74, 6) is -4.50. The fraction of sp³-hybridized carbons (Fsp3) is 0.452. The summed E-state index contributed by atoms with van der Waals surface area (Å²) in [5.41, 5.74) is 1.46. The number of halogens is 2. The van der Waals surface area contributed by atoms with Crippen molar-refractivity contribution in [3.05, 3.63) is 71.2 Å². The number of aromatic nitrogens is 3. The van der Waals surface area contributed by atoms with Gasteiger partial charge in [-0.1, -0.05) is 30.3 Å². The summed E-state index contributed by atoms with van der Waals surface area (Å²) in [4.78, 5) is 43.4. The number of carbonyl (C=O) groups is 3. The number of aliphatic carboxylic acids is 1. The molecule has 2 aliphatic rings. The van der Waals surface area contributed by atoms with Crippen LogP contribution in [0.4, 0.5) is 18.4 Å². The van der Waals surface area contributed by atoms with Crippen LogP contribution in [0, 0.1) is 5.92 Å². The normalized spacial score (nSPS) is 17.5. The van der Waals surface area contributed by atoms with Crippen LogP contribution >= 0.6 is 0 Å². The van der Waals surface area contributed by atoms with Crippen LogP contribution in [-0.4, -0.2) is 62.3 Å². The number of amides is 2. The van der Waals surface area contributed by atoms with Gasteiger partial charge in [0.15, 0.2) is 5.65 Å². The van der Waals surface area contributed by atoms with Crippen molar-refractivity contribution < 1.29 is 56.6 Å². The van der Waals surface area contributed by atoms with Gasteiger partial charge in [0.2, 0.25) is 5.92 Å². The third-order valence-electron chi connectivity index (χ3n) is 7.69. The topological polar surface area (TPSA) is 138 Å². The van der Waals surface area contributed by atoms with Crippen LogP contribution in [0.2, 0.25) is 0 Å². The van der Waals surface area contributed by atoms with Gasteiger partial charge in [-0.05, 0) is 62.3 Å². The predicted molar refractivity (Wildman–Crippen MR) is 152 cm³/mol. The van der Waals surface area contributed by atoms with E-state index >= 15 is 0 Å². The number of hydrogen-bond donors (Lipinski definition) is 1. The first-order chi connectivity index (χ1) is 20.8. The Morgan fingerprint density at radius 1 is 1.13 bits per heavy atom. The molecule has 5 rings (SSSR count). The first-order valence-electron chi connectivity index (χ1n) is 14.4. The molecule has 0 unspecified atom stereocenters. The molecule has 2 aromatic heterocycles. The number of nitrogens with one attached hydrogen (secondary N) is 1. The summed E-state index contributed by atoms with van der Waals surface area (Å²) < 4.78 is 40.3. The van der Waals surface area contributed by atoms with Crippen molar-refractivity contribution in [1.82, 2.24) is 24.8 Å². The molecular formula is C31H34F2LiN5O6.